The van der Waals surface area contributed by atoms with Crippen molar-refractivity contribution in [3.63, 3.8) is 0 Å². The first-order chi connectivity index (χ1) is 8.69. The summed E-state index contributed by atoms with van der Waals surface area (Å²) in [5.74, 6) is -0.395. The molecule has 1 fully saturated rings. The number of nitrogens with one attached hydrogen (secondary N) is 1. The normalized spacial score (nSPS) is 20.9. The van der Waals surface area contributed by atoms with Crippen LogP contribution in [0.3, 0.4) is 0 Å². The van der Waals surface area contributed by atoms with Crippen LogP contribution in [0.25, 0.3) is 0 Å². The van der Waals surface area contributed by atoms with Crippen molar-refractivity contribution in [2.24, 2.45) is 0 Å². The Hall–Kier alpha value is -0.840. The van der Waals surface area contributed by atoms with E-state index in [2.05, 4.69) is 17.1 Å². The highest BCUT2D eigenvalue weighted by molar-refractivity contribution is 6.31. The van der Waals surface area contributed by atoms with E-state index in [9.17, 15) is 4.39 Å². The zero-order valence-corrected chi connectivity index (χ0v) is 11.2. The largest absolute Gasteiger partial charge is 0.382 e. The Bertz CT molecular complexity index is 403. The predicted octanol–water partition coefficient (Wildman–Crippen LogP) is 2.61. The van der Waals surface area contributed by atoms with E-state index in [4.69, 9.17) is 16.3 Å². The highest BCUT2D eigenvalue weighted by Crippen LogP contribution is 2.19. The molecule has 1 atom stereocenters. The summed E-state index contributed by atoms with van der Waals surface area (Å²) in [6.07, 6.45) is 0.169. The average molecular weight is 273 g/mol. The van der Waals surface area contributed by atoms with Crippen LogP contribution in [-0.4, -0.2) is 43.8 Å². The summed E-state index contributed by atoms with van der Waals surface area (Å²) < 4.78 is 18.7. The number of likely N-dealkylation sites (N-methyl/N-ethyl adjacent to an activating group) is 1. The first-order valence-electron chi connectivity index (χ1n) is 6.22. The number of nitrogens with zero attached hydrogens (tertiary/aromatic N) is 1. The monoisotopic (exact) mass is 272 g/mol. The Morgan fingerprint density at radius 1 is 1.56 bits per heavy atom. The van der Waals surface area contributed by atoms with E-state index in [0.29, 0.717) is 6.54 Å². The van der Waals surface area contributed by atoms with Gasteiger partial charge in [-0.2, -0.15) is 0 Å². The van der Waals surface area contributed by atoms with Crippen LogP contribution in [0.4, 0.5) is 10.1 Å². The maximum atomic E-state index is 13.0. The molecule has 18 heavy (non-hydrogen) atoms. The molecule has 1 heterocycles. The second kappa shape index (κ2) is 6.36. The smallest absolute Gasteiger partial charge is 0.141 e. The summed E-state index contributed by atoms with van der Waals surface area (Å²) in [6, 6.07) is 4.64. The van der Waals surface area contributed by atoms with Crippen LogP contribution in [0.5, 0.6) is 0 Å². The summed E-state index contributed by atoms with van der Waals surface area (Å²) in [4.78, 5) is 2.35. The minimum Gasteiger partial charge on any atom is -0.382 e. The fourth-order valence-corrected chi connectivity index (χ4v) is 2.21. The summed E-state index contributed by atoms with van der Waals surface area (Å²) in [5.41, 5.74) is 0.818. The molecule has 0 spiro atoms. The molecule has 0 amide bonds. The van der Waals surface area contributed by atoms with Crippen molar-refractivity contribution >= 4 is 17.3 Å². The van der Waals surface area contributed by atoms with Gasteiger partial charge < -0.3 is 10.1 Å². The van der Waals surface area contributed by atoms with Gasteiger partial charge in [-0.25, -0.2) is 4.39 Å². The van der Waals surface area contributed by atoms with Crippen LogP contribution in [0, 0.1) is 5.82 Å². The average Bonchev–Trinajstić information content (AvgIpc) is 2.40. The Labute approximate surface area is 112 Å². The van der Waals surface area contributed by atoms with E-state index in [0.717, 1.165) is 31.9 Å². The topological polar surface area (TPSA) is 24.5 Å². The predicted molar refractivity (Wildman–Crippen MR) is 71.8 cm³/mol. The van der Waals surface area contributed by atoms with Crippen molar-refractivity contribution in [2.45, 2.75) is 13.0 Å². The van der Waals surface area contributed by atoms with Gasteiger partial charge in [0.15, 0.2) is 0 Å². The molecule has 0 radical (unpaired) electrons. The SMILES string of the molecule is CCN1CCOC(CNc2ccc(F)c(Cl)c2)C1. The molecule has 1 aromatic carbocycles. The Morgan fingerprint density at radius 3 is 3.11 bits per heavy atom. The molecule has 1 unspecified atom stereocenters. The summed E-state index contributed by atoms with van der Waals surface area (Å²) in [6.45, 7) is 6.59. The molecule has 1 aromatic rings. The van der Waals surface area contributed by atoms with Crippen LogP contribution in [0.15, 0.2) is 18.2 Å². The maximum Gasteiger partial charge on any atom is 0.141 e. The number of halogens is 2. The molecule has 5 heteroatoms. The van der Waals surface area contributed by atoms with E-state index in [1.54, 1.807) is 12.1 Å². The number of rotatable bonds is 4. The van der Waals surface area contributed by atoms with E-state index in [1.165, 1.54) is 6.07 Å². The van der Waals surface area contributed by atoms with Crippen molar-refractivity contribution in [3.8, 4) is 0 Å². The highest BCUT2D eigenvalue weighted by Gasteiger charge is 2.18. The summed E-state index contributed by atoms with van der Waals surface area (Å²) in [7, 11) is 0. The second-order valence-electron chi connectivity index (χ2n) is 4.40. The molecule has 0 aliphatic carbocycles. The van der Waals surface area contributed by atoms with Crippen LogP contribution in [-0.2, 0) is 4.74 Å². The van der Waals surface area contributed by atoms with Crippen LogP contribution in [0.1, 0.15) is 6.92 Å². The molecule has 3 nitrogen and oxygen atoms in total. The summed E-state index contributed by atoms with van der Waals surface area (Å²) >= 11 is 5.73. The highest BCUT2D eigenvalue weighted by atomic mass is 35.5. The van der Waals surface area contributed by atoms with Crippen LogP contribution >= 0.6 is 11.6 Å². The number of hydrogen-bond donors (Lipinski definition) is 1. The molecule has 0 bridgehead atoms. The molecule has 0 saturated carbocycles. The van der Waals surface area contributed by atoms with Crippen molar-refractivity contribution in [3.05, 3.63) is 29.0 Å². The fraction of sp³-hybridized carbons (Fsp3) is 0.538. The standard InChI is InChI=1S/C13H18ClFN2O/c1-2-17-5-6-18-11(9-17)8-16-10-3-4-13(15)12(14)7-10/h3-4,7,11,16H,2,5-6,8-9H2,1H3. The maximum absolute atomic E-state index is 13.0. The number of anilines is 1. The minimum absolute atomic E-state index is 0.139. The van der Waals surface area contributed by atoms with Crippen molar-refractivity contribution in [1.82, 2.24) is 4.90 Å². The third kappa shape index (κ3) is 3.57. The van der Waals surface area contributed by atoms with Crippen molar-refractivity contribution < 1.29 is 9.13 Å². The lowest BCUT2D eigenvalue weighted by Gasteiger charge is -2.32. The van der Waals surface area contributed by atoms with Gasteiger partial charge in [-0.1, -0.05) is 18.5 Å². The number of morpholine rings is 1. The zero-order chi connectivity index (χ0) is 13.0. The number of hydrogen-bond acceptors (Lipinski definition) is 3. The van der Waals surface area contributed by atoms with Gasteiger partial charge in [0.25, 0.3) is 0 Å². The minimum atomic E-state index is -0.395. The van der Waals surface area contributed by atoms with Crippen LogP contribution < -0.4 is 5.32 Å². The molecular weight excluding hydrogens is 255 g/mol. The first kappa shape index (κ1) is 13.6. The van der Waals surface area contributed by atoms with Gasteiger partial charge >= 0.3 is 0 Å². The number of ether oxygens (including phenoxy) is 1. The third-order valence-corrected chi connectivity index (χ3v) is 3.41. The van der Waals surface area contributed by atoms with E-state index in [-0.39, 0.29) is 11.1 Å². The first-order valence-corrected chi connectivity index (χ1v) is 6.59. The quantitative estimate of drug-likeness (QED) is 0.912. The van der Waals surface area contributed by atoms with Crippen molar-refractivity contribution in [1.29, 1.82) is 0 Å². The van der Waals surface area contributed by atoms with Gasteiger partial charge in [-0.15, -0.1) is 0 Å². The fourth-order valence-electron chi connectivity index (χ4n) is 2.03. The Kier molecular flexibility index (Phi) is 4.80. The Balaban J connectivity index is 1.85. The lowest BCUT2D eigenvalue weighted by atomic mass is 10.2. The third-order valence-electron chi connectivity index (χ3n) is 3.12. The lowest BCUT2D eigenvalue weighted by molar-refractivity contribution is -0.0191. The van der Waals surface area contributed by atoms with Gasteiger partial charge in [0.2, 0.25) is 0 Å². The second-order valence-corrected chi connectivity index (χ2v) is 4.80. The van der Waals surface area contributed by atoms with Gasteiger partial charge in [0, 0.05) is 25.3 Å². The molecule has 0 aromatic heterocycles. The molecular formula is C13H18ClFN2O. The van der Waals surface area contributed by atoms with E-state index >= 15 is 0 Å². The van der Waals surface area contributed by atoms with Gasteiger partial charge in [0.1, 0.15) is 5.82 Å². The van der Waals surface area contributed by atoms with E-state index in [1.807, 2.05) is 0 Å². The Morgan fingerprint density at radius 2 is 2.39 bits per heavy atom. The molecule has 1 saturated heterocycles. The molecule has 1 aliphatic rings. The molecule has 2 rings (SSSR count). The van der Waals surface area contributed by atoms with Crippen molar-refractivity contribution in [2.75, 3.05) is 38.1 Å². The van der Waals surface area contributed by atoms with Gasteiger partial charge in [-0.3, -0.25) is 4.90 Å². The van der Waals surface area contributed by atoms with Gasteiger partial charge in [0.05, 0.1) is 17.7 Å². The zero-order valence-electron chi connectivity index (χ0n) is 10.5. The molecule has 1 N–H and O–H groups in total. The summed E-state index contributed by atoms with van der Waals surface area (Å²) in [5, 5.41) is 3.36. The number of benzene rings is 1. The molecule has 100 valence electrons. The molecule has 1 aliphatic heterocycles. The van der Waals surface area contributed by atoms with Crippen LogP contribution in [0.2, 0.25) is 5.02 Å². The lowest BCUT2D eigenvalue weighted by Crippen LogP contribution is -2.45. The van der Waals surface area contributed by atoms with E-state index < -0.39 is 5.82 Å². The van der Waals surface area contributed by atoms with Gasteiger partial charge in [-0.05, 0) is 24.7 Å².